The van der Waals surface area contributed by atoms with E-state index < -0.39 is 24.4 Å². The molecule has 0 aliphatic carbocycles. The second-order valence-electron chi connectivity index (χ2n) is 6.40. The van der Waals surface area contributed by atoms with E-state index in [1.54, 1.807) is 18.2 Å². The molecule has 0 spiro atoms. The maximum absolute atomic E-state index is 12.1. The van der Waals surface area contributed by atoms with E-state index in [2.05, 4.69) is 10.6 Å². The lowest BCUT2D eigenvalue weighted by molar-refractivity contribution is -0.146. The van der Waals surface area contributed by atoms with Crippen LogP contribution in [0.25, 0.3) is 0 Å². The first-order valence-electron chi connectivity index (χ1n) is 8.73. The van der Waals surface area contributed by atoms with Crippen molar-refractivity contribution in [2.24, 2.45) is 0 Å². The van der Waals surface area contributed by atoms with Crippen molar-refractivity contribution in [3.8, 4) is 11.5 Å². The van der Waals surface area contributed by atoms with Gasteiger partial charge in [0.15, 0.2) is 18.1 Å². The van der Waals surface area contributed by atoms with E-state index in [0.717, 1.165) is 11.1 Å². The number of hydrogen-bond donors (Lipinski definition) is 2. The highest BCUT2D eigenvalue weighted by Crippen LogP contribution is 2.32. The van der Waals surface area contributed by atoms with E-state index in [4.69, 9.17) is 25.8 Å². The van der Waals surface area contributed by atoms with Crippen molar-refractivity contribution in [2.75, 3.05) is 25.3 Å². The molecule has 0 bridgehead atoms. The Balaban J connectivity index is 1.45. The lowest BCUT2D eigenvalue weighted by Crippen LogP contribution is -2.32. The SMILES string of the molecule is Cc1cc(C)c(NC(=O)COC(=O)CNC(=O)c2ccc3c(c2)OCO3)c(Cl)c1. The highest BCUT2D eigenvalue weighted by Gasteiger charge is 2.17. The topological polar surface area (TPSA) is 103 Å². The van der Waals surface area contributed by atoms with Gasteiger partial charge in [-0.1, -0.05) is 17.7 Å². The predicted molar refractivity (Wildman–Crippen MR) is 105 cm³/mol. The van der Waals surface area contributed by atoms with Gasteiger partial charge >= 0.3 is 5.97 Å². The number of rotatable bonds is 6. The summed E-state index contributed by atoms with van der Waals surface area (Å²) in [5, 5.41) is 5.44. The van der Waals surface area contributed by atoms with Crippen LogP contribution in [0.1, 0.15) is 21.5 Å². The van der Waals surface area contributed by atoms with Gasteiger partial charge in [0, 0.05) is 5.56 Å². The van der Waals surface area contributed by atoms with Gasteiger partial charge in [-0.05, 0) is 49.2 Å². The zero-order valence-corrected chi connectivity index (χ0v) is 16.6. The fraction of sp³-hybridized carbons (Fsp3) is 0.250. The van der Waals surface area contributed by atoms with Crippen molar-refractivity contribution in [1.82, 2.24) is 5.32 Å². The lowest BCUT2D eigenvalue weighted by Gasteiger charge is -2.12. The molecule has 2 aromatic carbocycles. The molecule has 2 amide bonds. The fourth-order valence-corrected chi connectivity index (χ4v) is 3.11. The van der Waals surface area contributed by atoms with E-state index in [9.17, 15) is 14.4 Å². The normalized spacial score (nSPS) is 11.7. The highest BCUT2D eigenvalue weighted by atomic mass is 35.5. The van der Waals surface area contributed by atoms with Crippen molar-refractivity contribution < 1.29 is 28.6 Å². The molecule has 0 saturated heterocycles. The van der Waals surface area contributed by atoms with Gasteiger partial charge in [-0.25, -0.2) is 0 Å². The molecule has 0 fully saturated rings. The standard InChI is InChI=1S/C20H19ClN2O6/c1-11-5-12(2)19(14(21)6-11)23-17(24)9-27-18(25)8-22-20(26)13-3-4-15-16(7-13)29-10-28-15/h3-7H,8-10H2,1-2H3,(H,22,26)(H,23,24). The van der Waals surface area contributed by atoms with Crippen LogP contribution < -0.4 is 20.1 Å². The van der Waals surface area contributed by atoms with E-state index in [-0.39, 0.29) is 13.3 Å². The third-order valence-electron chi connectivity index (χ3n) is 4.09. The van der Waals surface area contributed by atoms with Crippen molar-refractivity contribution in [3.05, 3.63) is 52.0 Å². The molecular formula is C20H19ClN2O6. The molecule has 1 aliphatic heterocycles. The molecule has 2 N–H and O–H groups in total. The maximum atomic E-state index is 12.1. The van der Waals surface area contributed by atoms with Gasteiger partial charge in [-0.15, -0.1) is 0 Å². The Morgan fingerprint density at radius 1 is 1.10 bits per heavy atom. The molecule has 152 valence electrons. The van der Waals surface area contributed by atoms with E-state index in [0.29, 0.717) is 27.8 Å². The molecule has 1 heterocycles. The first-order valence-corrected chi connectivity index (χ1v) is 9.11. The molecule has 29 heavy (non-hydrogen) atoms. The molecule has 0 aromatic heterocycles. The number of fused-ring (bicyclic) bond motifs is 1. The van der Waals surface area contributed by atoms with Crippen LogP contribution >= 0.6 is 11.6 Å². The molecule has 0 unspecified atom stereocenters. The number of benzene rings is 2. The number of amides is 2. The van der Waals surface area contributed by atoms with Gasteiger partial charge in [0.2, 0.25) is 6.79 Å². The van der Waals surface area contributed by atoms with Gasteiger partial charge in [-0.2, -0.15) is 0 Å². The second-order valence-corrected chi connectivity index (χ2v) is 6.81. The quantitative estimate of drug-likeness (QED) is 0.699. The largest absolute Gasteiger partial charge is 0.454 e. The summed E-state index contributed by atoms with van der Waals surface area (Å²) in [6.07, 6.45) is 0. The van der Waals surface area contributed by atoms with Crippen LogP contribution in [0.5, 0.6) is 11.5 Å². The summed E-state index contributed by atoms with van der Waals surface area (Å²) in [6, 6.07) is 8.28. The molecular weight excluding hydrogens is 400 g/mol. The van der Waals surface area contributed by atoms with E-state index in [1.807, 2.05) is 19.9 Å². The Kier molecular flexibility index (Phi) is 6.23. The Hall–Kier alpha value is -3.26. The van der Waals surface area contributed by atoms with Crippen molar-refractivity contribution in [3.63, 3.8) is 0 Å². The monoisotopic (exact) mass is 418 g/mol. The first kappa shape index (κ1) is 20.5. The molecule has 0 radical (unpaired) electrons. The number of nitrogens with one attached hydrogen (secondary N) is 2. The van der Waals surface area contributed by atoms with Crippen LogP contribution in [-0.4, -0.2) is 37.7 Å². The van der Waals surface area contributed by atoms with Crippen LogP contribution in [0, 0.1) is 13.8 Å². The minimum atomic E-state index is -0.749. The van der Waals surface area contributed by atoms with Crippen LogP contribution in [0.15, 0.2) is 30.3 Å². The van der Waals surface area contributed by atoms with Gasteiger partial charge in [0.1, 0.15) is 6.54 Å². The second kappa shape index (κ2) is 8.83. The number of halogens is 1. The third-order valence-corrected chi connectivity index (χ3v) is 4.39. The van der Waals surface area contributed by atoms with Crippen LogP contribution in [0.3, 0.4) is 0 Å². The Bertz CT molecular complexity index is 952. The summed E-state index contributed by atoms with van der Waals surface area (Å²) in [4.78, 5) is 35.9. The van der Waals surface area contributed by atoms with E-state index >= 15 is 0 Å². The number of anilines is 1. The predicted octanol–water partition coefficient (Wildman–Crippen LogP) is 2.60. The summed E-state index contributed by atoms with van der Waals surface area (Å²) in [6.45, 7) is 2.92. The van der Waals surface area contributed by atoms with Gasteiger partial charge in [0.05, 0.1) is 10.7 Å². The molecule has 2 aromatic rings. The minimum absolute atomic E-state index is 0.0993. The zero-order chi connectivity index (χ0) is 21.0. The van der Waals surface area contributed by atoms with E-state index in [1.165, 1.54) is 6.07 Å². The van der Waals surface area contributed by atoms with Crippen LogP contribution in [0.4, 0.5) is 5.69 Å². The molecule has 1 aliphatic rings. The fourth-order valence-electron chi connectivity index (χ4n) is 2.74. The van der Waals surface area contributed by atoms with Crippen LogP contribution in [-0.2, 0) is 14.3 Å². The molecule has 0 atom stereocenters. The highest BCUT2D eigenvalue weighted by molar-refractivity contribution is 6.34. The van der Waals surface area contributed by atoms with Gasteiger partial charge in [0.25, 0.3) is 11.8 Å². The van der Waals surface area contributed by atoms with Crippen molar-refractivity contribution in [2.45, 2.75) is 13.8 Å². The zero-order valence-electron chi connectivity index (χ0n) is 15.8. The number of hydrogen-bond acceptors (Lipinski definition) is 6. The molecule has 8 nitrogen and oxygen atoms in total. The number of carbonyl (C=O) groups is 3. The average Bonchev–Trinajstić information content (AvgIpc) is 3.15. The summed E-state index contributed by atoms with van der Waals surface area (Å²) < 4.78 is 15.3. The third kappa shape index (κ3) is 5.17. The lowest BCUT2D eigenvalue weighted by atomic mass is 10.1. The number of ether oxygens (including phenoxy) is 3. The molecule has 0 saturated carbocycles. The summed E-state index contributed by atoms with van der Waals surface area (Å²) in [7, 11) is 0. The molecule has 9 heteroatoms. The number of carbonyl (C=O) groups excluding carboxylic acids is 3. The van der Waals surface area contributed by atoms with Crippen molar-refractivity contribution in [1.29, 1.82) is 0 Å². The van der Waals surface area contributed by atoms with Gasteiger partial charge in [-0.3, -0.25) is 14.4 Å². The smallest absolute Gasteiger partial charge is 0.325 e. The van der Waals surface area contributed by atoms with Crippen molar-refractivity contribution >= 4 is 35.1 Å². The summed E-state index contributed by atoms with van der Waals surface area (Å²) in [5.41, 5.74) is 2.54. The summed E-state index contributed by atoms with van der Waals surface area (Å²) >= 11 is 6.13. The summed E-state index contributed by atoms with van der Waals surface area (Å²) in [5.74, 6) is -0.750. The minimum Gasteiger partial charge on any atom is -0.454 e. The molecule has 3 rings (SSSR count). The van der Waals surface area contributed by atoms with Crippen LogP contribution in [0.2, 0.25) is 5.02 Å². The maximum Gasteiger partial charge on any atom is 0.325 e. The first-order chi connectivity index (χ1) is 13.8. The Morgan fingerprint density at radius 2 is 1.86 bits per heavy atom. The average molecular weight is 419 g/mol. The number of aryl methyl sites for hydroxylation is 2. The number of esters is 1. The van der Waals surface area contributed by atoms with Gasteiger partial charge < -0.3 is 24.8 Å². The Labute approximate surface area is 172 Å². The Morgan fingerprint density at radius 3 is 2.62 bits per heavy atom.